The van der Waals surface area contributed by atoms with Crippen molar-refractivity contribution < 1.29 is 9.72 Å². The number of amides is 1. The van der Waals surface area contributed by atoms with Gasteiger partial charge in [-0.15, -0.1) is 11.3 Å². The normalized spacial score (nSPS) is 10.7. The van der Waals surface area contributed by atoms with Crippen LogP contribution < -0.4 is 5.32 Å². The summed E-state index contributed by atoms with van der Waals surface area (Å²) in [5, 5.41) is 20.5. The number of hydrogen-bond acceptors (Lipinski definition) is 6. The van der Waals surface area contributed by atoms with Crippen LogP contribution in [0.15, 0.2) is 66.3 Å². The van der Waals surface area contributed by atoms with Crippen molar-refractivity contribution in [3.05, 3.63) is 87.5 Å². The Labute approximate surface area is 182 Å². The SMILES string of the molecule is Cc1ccc(-c2csc(NC(=O)CCc3cnn(-c4ccccc4)c3)n2)cc1[N+](=O)[O-]. The second-order valence-corrected chi connectivity index (χ2v) is 7.83. The Kier molecular flexibility index (Phi) is 5.85. The Morgan fingerprint density at radius 1 is 1.23 bits per heavy atom. The predicted molar refractivity (Wildman–Crippen MR) is 119 cm³/mol. The van der Waals surface area contributed by atoms with E-state index in [0.717, 1.165) is 11.3 Å². The van der Waals surface area contributed by atoms with Crippen LogP contribution in [0.2, 0.25) is 0 Å². The number of hydrogen-bond donors (Lipinski definition) is 1. The molecule has 0 aliphatic rings. The summed E-state index contributed by atoms with van der Waals surface area (Å²) in [6.07, 6.45) is 4.52. The number of benzene rings is 2. The highest BCUT2D eigenvalue weighted by Gasteiger charge is 2.14. The molecule has 0 radical (unpaired) electrons. The maximum absolute atomic E-state index is 12.3. The van der Waals surface area contributed by atoms with E-state index >= 15 is 0 Å². The molecule has 1 N–H and O–H groups in total. The lowest BCUT2D eigenvalue weighted by Gasteiger charge is -2.02. The molecular weight excluding hydrogens is 414 g/mol. The van der Waals surface area contributed by atoms with E-state index in [1.165, 1.54) is 17.4 Å². The van der Waals surface area contributed by atoms with Gasteiger partial charge in [-0.1, -0.05) is 30.3 Å². The molecule has 1 amide bonds. The second-order valence-electron chi connectivity index (χ2n) is 6.97. The van der Waals surface area contributed by atoms with Crippen LogP contribution in [0.1, 0.15) is 17.5 Å². The Balaban J connectivity index is 1.36. The summed E-state index contributed by atoms with van der Waals surface area (Å²) in [6.45, 7) is 1.69. The smallest absolute Gasteiger partial charge is 0.272 e. The van der Waals surface area contributed by atoms with Gasteiger partial charge in [-0.2, -0.15) is 5.10 Å². The van der Waals surface area contributed by atoms with E-state index in [4.69, 9.17) is 0 Å². The third kappa shape index (κ3) is 4.84. The first kappa shape index (κ1) is 20.4. The van der Waals surface area contributed by atoms with Crippen molar-refractivity contribution in [3.8, 4) is 16.9 Å². The summed E-state index contributed by atoms with van der Waals surface area (Å²) < 4.78 is 1.78. The monoisotopic (exact) mass is 433 g/mol. The summed E-state index contributed by atoms with van der Waals surface area (Å²) in [5.74, 6) is -0.150. The van der Waals surface area contributed by atoms with Gasteiger partial charge in [0, 0.05) is 35.2 Å². The van der Waals surface area contributed by atoms with Crippen molar-refractivity contribution >= 4 is 28.1 Å². The van der Waals surface area contributed by atoms with Gasteiger partial charge >= 0.3 is 0 Å². The molecule has 0 spiro atoms. The number of nitrogens with one attached hydrogen (secondary N) is 1. The largest absolute Gasteiger partial charge is 0.302 e. The minimum absolute atomic E-state index is 0.0483. The highest BCUT2D eigenvalue weighted by atomic mass is 32.1. The van der Waals surface area contributed by atoms with Crippen molar-refractivity contribution in [2.75, 3.05) is 5.32 Å². The predicted octanol–water partition coefficient (Wildman–Crippen LogP) is 4.78. The number of carbonyl (C=O) groups excluding carboxylic acids is 1. The minimum Gasteiger partial charge on any atom is -0.302 e. The Hall–Kier alpha value is -3.85. The lowest BCUT2D eigenvalue weighted by atomic mass is 10.1. The van der Waals surface area contributed by atoms with Crippen molar-refractivity contribution in [2.45, 2.75) is 19.8 Å². The standard InChI is InChI=1S/C22H19N5O3S/c1-15-7-9-17(11-20(15)27(29)30)19-14-31-22(24-19)25-21(28)10-8-16-12-23-26(13-16)18-5-3-2-4-6-18/h2-7,9,11-14H,8,10H2,1H3,(H,24,25,28). The van der Waals surface area contributed by atoms with Crippen LogP contribution in [-0.4, -0.2) is 25.6 Å². The van der Waals surface area contributed by atoms with E-state index in [-0.39, 0.29) is 11.6 Å². The number of carbonyl (C=O) groups is 1. The highest BCUT2D eigenvalue weighted by molar-refractivity contribution is 7.14. The Morgan fingerprint density at radius 2 is 2.03 bits per heavy atom. The van der Waals surface area contributed by atoms with Crippen LogP contribution in [0, 0.1) is 17.0 Å². The van der Waals surface area contributed by atoms with Crippen LogP contribution in [0.4, 0.5) is 10.8 Å². The van der Waals surface area contributed by atoms with Crippen molar-refractivity contribution in [1.82, 2.24) is 14.8 Å². The molecule has 0 unspecified atom stereocenters. The summed E-state index contributed by atoms with van der Waals surface area (Å²) in [7, 11) is 0. The molecule has 0 aliphatic carbocycles. The molecule has 31 heavy (non-hydrogen) atoms. The fourth-order valence-corrected chi connectivity index (χ4v) is 3.82. The molecule has 0 bridgehead atoms. The number of nitrogens with zero attached hydrogens (tertiary/aromatic N) is 4. The number of nitro benzene ring substituents is 1. The molecule has 8 nitrogen and oxygen atoms in total. The van der Waals surface area contributed by atoms with Crippen molar-refractivity contribution in [1.29, 1.82) is 0 Å². The minimum atomic E-state index is -0.409. The van der Waals surface area contributed by atoms with Crippen molar-refractivity contribution in [2.24, 2.45) is 0 Å². The zero-order chi connectivity index (χ0) is 21.8. The molecular formula is C22H19N5O3S. The first-order valence-corrected chi connectivity index (χ1v) is 10.5. The summed E-state index contributed by atoms with van der Waals surface area (Å²) >= 11 is 1.28. The van der Waals surface area contributed by atoms with Gasteiger partial charge in [0.2, 0.25) is 5.91 Å². The number of para-hydroxylation sites is 1. The number of aromatic nitrogens is 3. The van der Waals surface area contributed by atoms with E-state index in [1.807, 2.05) is 36.5 Å². The first-order chi connectivity index (χ1) is 15.0. The molecule has 9 heteroatoms. The summed E-state index contributed by atoms with van der Waals surface area (Å²) in [6, 6.07) is 14.7. The third-order valence-electron chi connectivity index (χ3n) is 4.75. The van der Waals surface area contributed by atoms with Gasteiger partial charge in [-0.05, 0) is 31.0 Å². The third-order valence-corrected chi connectivity index (χ3v) is 5.51. The van der Waals surface area contributed by atoms with Gasteiger partial charge in [0.25, 0.3) is 5.69 Å². The Morgan fingerprint density at radius 3 is 2.81 bits per heavy atom. The van der Waals surface area contributed by atoms with Crippen LogP contribution in [0.5, 0.6) is 0 Å². The summed E-state index contributed by atoms with van der Waals surface area (Å²) in [4.78, 5) is 27.5. The zero-order valence-corrected chi connectivity index (χ0v) is 17.5. The topological polar surface area (TPSA) is 103 Å². The van der Waals surface area contributed by atoms with E-state index in [0.29, 0.717) is 34.8 Å². The molecule has 0 saturated carbocycles. The zero-order valence-electron chi connectivity index (χ0n) is 16.7. The molecule has 2 aromatic carbocycles. The fraction of sp³-hybridized carbons (Fsp3) is 0.136. The van der Waals surface area contributed by atoms with Gasteiger partial charge < -0.3 is 5.32 Å². The van der Waals surface area contributed by atoms with Gasteiger partial charge in [0.05, 0.1) is 22.5 Å². The molecule has 0 saturated heterocycles. The number of rotatable bonds is 7. The van der Waals surface area contributed by atoms with Crippen LogP contribution in [-0.2, 0) is 11.2 Å². The van der Waals surface area contributed by atoms with Gasteiger partial charge in [-0.3, -0.25) is 14.9 Å². The average Bonchev–Trinajstić information content (AvgIpc) is 3.43. The number of aryl methyl sites for hydroxylation is 2. The maximum Gasteiger partial charge on any atom is 0.272 e. The molecule has 2 heterocycles. The van der Waals surface area contributed by atoms with E-state index in [9.17, 15) is 14.9 Å². The molecule has 156 valence electrons. The number of thiazole rings is 1. The lowest BCUT2D eigenvalue weighted by Crippen LogP contribution is -2.12. The average molecular weight is 433 g/mol. The quantitative estimate of drug-likeness (QED) is 0.334. The molecule has 0 atom stereocenters. The van der Waals surface area contributed by atoms with E-state index in [1.54, 1.807) is 35.3 Å². The van der Waals surface area contributed by atoms with Crippen LogP contribution in [0.25, 0.3) is 16.9 Å². The van der Waals surface area contributed by atoms with Crippen LogP contribution in [0.3, 0.4) is 0 Å². The van der Waals surface area contributed by atoms with E-state index in [2.05, 4.69) is 15.4 Å². The fourth-order valence-electron chi connectivity index (χ4n) is 3.08. The highest BCUT2D eigenvalue weighted by Crippen LogP contribution is 2.29. The molecule has 4 aromatic rings. The van der Waals surface area contributed by atoms with Crippen molar-refractivity contribution in [3.63, 3.8) is 0 Å². The van der Waals surface area contributed by atoms with Crippen LogP contribution >= 0.6 is 11.3 Å². The second kappa shape index (κ2) is 8.88. The molecule has 0 fully saturated rings. The molecule has 0 aliphatic heterocycles. The number of nitro groups is 1. The maximum atomic E-state index is 12.3. The van der Waals surface area contributed by atoms with Gasteiger partial charge in [0.15, 0.2) is 5.13 Å². The molecule has 2 aromatic heterocycles. The first-order valence-electron chi connectivity index (χ1n) is 9.59. The number of anilines is 1. The van der Waals surface area contributed by atoms with E-state index < -0.39 is 4.92 Å². The lowest BCUT2D eigenvalue weighted by molar-refractivity contribution is -0.385. The van der Waals surface area contributed by atoms with Gasteiger partial charge in [0.1, 0.15) is 0 Å². The Bertz CT molecular complexity index is 1230. The molecule has 4 rings (SSSR count). The van der Waals surface area contributed by atoms with Gasteiger partial charge in [-0.25, -0.2) is 9.67 Å². The summed E-state index contributed by atoms with van der Waals surface area (Å²) in [5.41, 5.74) is 3.80.